The Bertz CT molecular complexity index is 382. The first-order chi connectivity index (χ1) is 6.72. The Morgan fingerprint density at radius 3 is 2.93 bits per heavy atom. The third-order valence-electron chi connectivity index (χ3n) is 2.38. The van der Waals surface area contributed by atoms with Gasteiger partial charge in [0, 0.05) is 12.5 Å². The normalized spacial score (nSPS) is 14.6. The molecule has 0 amide bonds. The van der Waals surface area contributed by atoms with Gasteiger partial charge in [0.05, 0.1) is 19.3 Å². The number of Topliss-reactive ketones (excluding diaryl/α,β-unsaturated/α-hetero) is 1. The third-order valence-corrected chi connectivity index (χ3v) is 2.38. The van der Waals surface area contributed by atoms with E-state index < -0.39 is 0 Å². The lowest BCUT2D eigenvalue weighted by Gasteiger charge is -2.18. The van der Waals surface area contributed by atoms with Gasteiger partial charge in [-0.05, 0) is 18.6 Å². The highest BCUT2D eigenvalue weighted by Gasteiger charge is 2.19. The van der Waals surface area contributed by atoms with Crippen molar-refractivity contribution in [3.05, 3.63) is 23.3 Å². The van der Waals surface area contributed by atoms with Gasteiger partial charge in [-0.2, -0.15) is 0 Å². The van der Waals surface area contributed by atoms with Crippen LogP contribution in [0.4, 0.5) is 0 Å². The molecule has 0 saturated heterocycles. The SMILES string of the molecule is COc1cc2c(cc1C)C(=O)CCO2. The smallest absolute Gasteiger partial charge is 0.170 e. The number of ketones is 1. The fraction of sp³-hybridized carbons (Fsp3) is 0.364. The van der Waals surface area contributed by atoms with Crippen LogP contribution >= 0.6 is 0 Å². The van der Waals surface area contributed by atoms with E-state index in [1.54, 1.807) is 13.2 Å². The predicted octanol–water partition coefficient (Wildman–Crippen LogP) is 1.97. The van der Waals surface area contributed by atoms with E-state index in [1.807, 2.05) is 13.0 Å². The van der Waals surface area contributed by atoms with Crippen LogP contribution in [0.25, 0.3) is 0 Å². The van der Waals surface area contributed by atoms with E-state index >= 15 is 0 Å². The zero-order valence-electron chi connectivity index (χ0n) is 8.29. The predicted molar refractivity (Wildman–Crippen MR) is 52.2 cm³/mol. The fourth-order valence-corrected chi connectivity index (χ4v) is 1.62. The maximum absolute atomic E-state index is 11.5. The van der Waals surface area contributed by atoms with Gasteiger partial charge in [-0.25, -0.2) is 0 Å². The average Bonchev–Trinajstić information content (AvgIpc) is 2.19. The van der Waals surface area contributed by atoms with Crippen molar-refractivity contribution in [1.29, 1.82) is 0 Å². The van der Waals surface area contributed by atoms with Crippen LogP contribution in [0.2, 0.25) is 0 Å². The van der Waals surface area contributed by atoms with Gasteiger partial charge < -0.3 is 9.47 Å². The molecule has 3 heteroatoms. The number of benzene rings is 1. The number of carbonyl (C=O) groups is 1. The molecule has 14 heavy (non-hydrogen) atoms. The number of hydrogen-bond donors (Lipinski definition) is 0. The Labute approximate surface area is 82.6 Å². The van der Waals surface area contributed by atoms with E-state index in [0.29, 0.717) is 24.3 Å². The molecule has 0 unspecified atom stereocenters. The molecule has 0 radical (unpaired) electrons. The second-order valence-electron chi connectivity index (χ2n) is 3.34. The van der Waals surface area contributed by atoms with Crippen molar-refractivity contribution in [2.75, 3.05) is 13.7 Å². The topological polar surface area (TPSA) is 35.5 Å². The molecule has 0 atom stereocenters. The van der Waals surface area contributed by atoms with Gasteiger partial charge >= 0.3 is 0 Å². The van der Waals surface area contributed by atoms with Gasteiger partial charge in [0.15, 0.2) is 5.78 Å². The molecule has 1 aliphatic rings. The maximum atomic E-state index is 11.5. The molecule has 0 aliphatic carbocycles. The number of hydrogen-bond acceptors (Lipinski definition) is 3. The monoisotopic (exact) mass is 192 g/mol. The van der Waals surface area contributed by atoms with Crippen molar-refractivity contribution >= 4 is 5.78 Å². The standard InChI is InChI=1S/C11H12O3/c1-7-5-8-9(12)3-4-14-11(8)6-10(7)13-2/h5-6H,3-4H2,1-2H3. The second kappa shape index (κ2) is 3.33. The van der Waals surface area contributed by atoms with Crippen LogP contribution in [-0.2, 0) is 0 Å². The van der Waals surface area contributed by atoms with Crippen LogP contribution < -0.4 is 9.47 Å². The Hall–Kier alpha value is -1.51. The zero-order chi connectivity index (χ0) is 10.1. The number of carbonyl (C=O) groups excluding carboxylic acids is 1. The lowest BCUT2D eigenvalue weighted by Crippen LogP contribution is -2.15. The summed E-state index contributed by atoms with van der Waals surface area (Å²) in [6.07, 6.45) is 0.471. The Morgan fingerprint density at radius 1 is 1.43 bits per heavy atom. The van der Waals surface area contributed by atoms with Crippen molar-refractivity contribution in [3.63, 3.8) is 0 Å². The minimum absolute atomic E-state index is 0.150. The van der Waals surface area contributed by atoms with Crippen molar-refractivity contribution in [2.45, 2.75) is 13.3 Å². The van der Waals surface area contributed by atoms with Gasteiger partial charge in [-0.15, -0.1) is 0 Å². The van der Waals surface area contributed by atoms with Crippen LogP contribution in [0, 0.1) is 6.92 Å². The maximum Gasteiger partial charge on any atom is 0.170 e. The number of aryl methyl sites for hydroxylation is 1. The summed E-state index contributed by atoms with van der Waals surface area (Å²) in [5.41, 5.74) is 1.64. The molecule has 0 aromatic heterocycles. The number of fused-ring (bicyclic) bond motifs is 1. The van der Waals surface area contributed by atoms with Crippen molar-refractivity contribution < 1.29 is 14.3 Å². The van der Waals surface area contributed by atoms with Crippen molar-refractivity contribution in [2.24, 2.45) is 0 Å². The fourth-order valence-electron chi connectivity index (χ4n) is 1.62. The molecule has 0 bridgehead atoms. The second-order valence-corrected chi connectivity index (χ2v) is 3.34. The van der Waals surface area contributed by atoms with Crippen LogP contribution in [0.15, 0.2) is 12.1 Å². The Morgan fingerprint density at radius 2 is 2.21 bits per heavy atom. The molecule has 1 aromatic carbocycles. The summed E-state index contributed by atoms with van der Waals surface area (Å²) in [5.74, 6) is 1.55. The van der Waals surface area contributed by atoms with Crippen molar-refractivity contribution in [1.82, 2.24) is 0 Å². The summed E-state index contributed by atoms with van der Waals surface area (Å²) in [4.78, 5) is 11.5. The molecule has 74 valence electrons. The minimum atomic E-state index is 0.150. The van der Waals surface area contributed by atoms with Gasteiger partial charge in [-0.1, -0.05) is 0 Å². The van der Waals surface area contributed by atoms with E-state index in [4.69, 9.17) is 9.47 Å². The zero-order valence-corrected chi connectivity index (χ0v) is 8.29. The molecule has 3 nitrogen and oxygen atoms in total. The highest BCUT2D eigenvalue weighted by Crippen LogP contribution is 2.31. The van der Waals surface area contributed by atoms with Gasteiger partial charge in [0.25, 0.3) is 0 Å². The van der Waals surface area contributed by atoms with Crippen LogP contribution in [0.5, 0.6) is 11.5 Å². The largest absolute Gasteiger partial charge is 0.496 e. The Kier molecular flexibility index (Phi) is 2.15. The van der Waals surface area contributed by atoms with E-state index in [2.05, 4.69) is 0 Å². The van der Waals surface area contributed by atoms with E-state index in [0.717, 1.165) is 11.3 Å². The molecule has 0 spiro atoms. The van der Waals surface area contributed by atoms with Crippen LogP contribution in [0.1, 0.15) is 22.3 Å². The van der Waals surface area contributed by atoms with E-state index in [-0.39, 0.29) is 5.78 Å². The van der Waals surface area contributed by atoms with Gasteiger partial charge in [-0.3, -0.25) is 4.79 Å². The van der Waals surface area contributed by atoms with Crippen molar-refractivity contribution in [3.8, 4) is 11.5 Å². The van der Waals surface area contributed by atoms with E-state index in [9.17, 15) is 4.79 Å². The molecule has 0 fully saturated rings. The number of rotatable bonds is 1. The quantitative estimate of drug-likeness (QED) is 0.682. The molecule has 0 saturated carbocycles. The lowest BCUT2D eigenvalue weighted by atomic mass is 10.0. The summed E-state index contributed by atoms with van der Waals surface area (Å²) in [6, 6.07) is 3.61. The van der Waals surface area contributed by atoms with Gasteiger partial charge in [0.1, 0.15) is 11.5 Å². The average molecular weight is 192 g/mol. The Balaban J connectivity index is 2.54. The number of methoxy groups -OCH3 is 1. The number of ether oxygens (including phenoxy) is 2. The molecule has 1 heterocycles. The molecule has 1 aliphatic heterocycles. The minimum Gasteiger partial charge on any atom is -0.496 e. The highest BCUT2D eigenvalue weighted by atomic mass is 16.5. The first-order valence-corrected chi connectivity index (χ1v) is 4.57. The summed E-state index contributed by atoms with van der Waals surface area (Å²) < 4.78 is 10.5. The molecule has 1 aromatic rings. The summed E-state index contributed by atoms with van der Waals surface area (Å²) in [7, 11) is 1.61. The summed E-state index contributed by atoms with van der Waals surface area (Å²) >= 11 is 0. The lowest BCUT2D eigenvalue weighted by molar-refractivity contribution is 0.0933. The first-order valence-electron chi connectivity index (χ1n) is 4.57. The molecular formula is C11H12O3. The summed E-state index contributed by atoms with van der Waals surface area (Å²) in [5, 5.41) is 0. The molecular weight excluding hydrogens is 180 g/mol. The first kappa shape index (κ1) is 9.06. The van der Waals surface area contributed by atoms with Gasteiger partial charge in [0.2, 0.25) is 0 Å². The highest BCUT2D eigenvalue weighted by molar-refractivity contribution is 6.00. The van der Waals surface area contributed by atoms with Crippen LogP contribution in [-0.4, -0.2) is 19.5 Å². The molecule has 0 N–H and O–H groups in total. The molecule has 2 rings (SSSR count). The summed E-state index contributed by atoms with van der Waals surface area (Å²) in [6.45, 7) is 2.39. The third kappa shape index (κ3) is 1.35. The van der Waals surface area contributed by atoms with E-state index in [1.165, 1.54) is 0 Å². The van der Waals surface area contributed by atoms with Crippen LogP contribution in [0.3, 0.4) is 0 Å².